The first kappa shape index (κ1) is 13.6. The molecule has 0 heterocycles. The molecule has 5 heteroatoms. The lowest BCUT2D eigenvalue weighted by Crippen LogP contribution is -2.36. The number of nitrogens with one attached hydrogen (secondary N) is 1. The summed E-state index contributed by atoms with van der Waals surface area (Å²) >= 11 is 0. The minimum Gasteiger partial charge on any atom is -0.322 e. The summed E-state index contributed by atoms with van der Waals surface area (Å²) < 4.78 is 26.1. The van der Waals surface area contributed by atoms with Crippen LogP contribution in [0.5, 0.6) is 0 Å². The molecule has 1 amide bonds. The van der Waals surface area contributed by atoms with E-state index in [9.17, 15) is 13.6 Å². The maximum absolute atomic E-state index is 13.2. The van der Waals surface area contributed by atoms with Gasteiger partial charge < -0.3 is 11.1 Å². The van der Waals surface area contributed by atoms with Crippen LogP contribution in [0.3, 0.4) is 0 Å². The molecule has 0 aliphatic rings. The second-order valence-electron chi connectivity index (χ2n) is 4.35. The normalized spacial score (nSPS) is 12.6. The van der Waals surface area contributed by atoms with E-state index in [0.717, 1.165) is 18.2 Å². The van der Waals surface area contributed by atoms with Gasteiger partial charge in [-0.05, 0) is 24.5 Å². The van der Waals surface area contributed by atoms with E-state index < -0.39 is 23.6 Å². The molecule has 0 saturated carbocycles. The van der Waals surface area contributed by atoms with Crippen LogP contribution in [0.2, 0.25) is 0 Å². The van der Waals surface area contributed by atoms with E-state index in [1.807, 2.05) is 13.8 Å². The van der Waals surface area contributed by atoms with Crippen LogP contribution in [-0.2, 0) is 4.79 Å². The fraction of sp³-hybridized carbons (Fsp3) is 0.417. The summed E-state index contributed by atoms with van der Waals surface area (Å²) in [6.45, 7) is 3.85. The van der Waals surface area contributed by atoms with E-state index in [4.69, 9.17) is 5.73 Å². The molecule has 3 N–H and O–H groups in total. The number of rotatable bonds is 4. The molecule has 0 saturated heterocycles. The third kappa shape index (κ3) is 4.11. The Labute approximate surface area is 99.0 Å². The van der Waals surface area contributed by atoms with Crippen molar-refractivity contribution >= 4 is 11.6 Å². The summed E-state index contributed by atoms with van der Waals surface area (Å²) in [5.74, 6) is -1.55. The van der Waals surface area contributed by atoms with Gasteiger partial charge in [0.2, 0.25) is 5.91 Å². The summed E-state index contributed by atoms with van der Waals surface area (Å²) in [6, 6.07) is 2.14. The van der Waals surface area contributed by atoms with Gasteiger partial charge in [0.15, 0.2) is 0 Å². The highest BCUT2D eigenvalue weighted by molar-refractivity contribution is 5.94. The standard InChI is InChI=1S/C12H16F2N2O/c1-7(2)5-10(15)12(17)16-11-6-8(13)3-4-9(11)14/h3-4,6-7,10H,5,15H2,1-2H3,(H,16,17)/t10-/m1/s1. The van der Waals surface area contributed by atoms with Crippen molar-refractivity contribution in [2.24, 2.45) is 11.7 Å². The molecule has 1 atom stereocenters. The second-order valence-corrected chi connectivity index (χ2v) is 4.35. The average molecular weight is 242 g/mol. The van der Waals surface area contributed by atoms with E-state index in [-0.39, 0.29) is 11.6 Å². The average Bonchev–Trinajstić information content (AvgIpc) is 2.22. The Morgan fingerprint density at radius 2 is 2.06 bits per heavy atom. The quantitative estimate of drug-likeness (QED) is 0.851. The van der Waals surface area contributed by atoms with Crippen LogP contribution >= 0.6 is 0 Å². The molecular weight excluding hydrogens is 226 g/mol. The predicted molar refractivity (Wildman–Crippen MR) is 62.4 cm³/mol. The third-order valence-corrected chi connectivity index (χ3v) is 2.25. The molecule has 0 aliphatic heterocycles. The fourth-order valence-electron chi connectivity index (χ4n) is 1.43. The van der Waals surface area contributed by atoms with Gasteiger partial charge in [0, 0.05) is 6.07 Å². The van der Waals surface area contributed by atoms with Crippen molar-refractivity contribution in [3.8, 4) is 0 Å². The first-order valence-electron chi connectivity index (χ1n) is 5.41. The predicted octanol–water partition coefficient (Wildman–Crippen LogP) is 2.28. The zero-order chi connectivity index (χ0) is 13.0. The number of anilines is 1. The van der Waals surface area contributed by atoms with Crippen molar-refractivity contribution in [2.75, 3.05) is 5.32 Å². The first-order chi connectivity index (χ1) is 7.90. The molecule has 1 aromatic carbocycles. The summed E-state index contributed by atoms with van der Waals surface area (Å²) in [5.41, 5.74) is 5.44. The molecule has 94 valence electrons. The number of nitrogens with two attached hydrogens (primary N) is 1. The Balaban J connectivity index is 2.70. The SMILES string of the molecule is CC(C)C[C@@H](N)C(=O)Nc1cc(F)ccc1F. The molecule has 17 heavy (non-hydrogen) atoms. The molecule has 0 radical (unpaired) electrons. The molecule has 1 aromatic rings. The van der Waals surface area contributed by atoms with Crippen molar-refractivity contribution in [3.63, 3.8) is 0 Å². The Morgan fingerprint density at radius 1 is 1.41 bits per heavy atom. The molecule has 3 nitrogen and oxygen atoms in total. The number of carbonyl (C=O) groups is 1. The number of benzene rings is 1. The van der Waals surface area contributed by atoms with E-state index >= 15 is 0 Å². The number of hydrogen-bond donors (Lipinski definition) is 2. The smallest absolute Gasteiger partial charge is 0.241 e. The maximum atomic E-state index is 13.2. The third-order valence-electron chi connectivity index (χ3n) is 2.25. The van der Waals surface area contributed by atoms with Crippen LogP contribution in [0.15, 0.2) is 18.2 Å². The van der Waals surface area contributed by atoms with Crippen LogP contribution in [-0.4, -0.2) is 11.9 Å². The number of carbonyl (C=O) groups excluding carboxylic acids is 1. The number of halogens is 2. The zero-order valence-corrected chi connectivity index (χ0v) is 9.84. The monoisotopic (exact) mass is 242 g/mol. The molecule has 0 aliphatic carbocycles. The summed E-state index contributed by atoms with van der Waals surface area (Å²) in [4.78, 5) is 11.6. The molecular formula is C12H16F2N2O. The lowest BCUT2D eigenvalue weighted by Gasteiger charge is -2.14. The molecule has 0 fully saturated rings. The zero-order valence-electron chi connectivity index (χ0n) is 9.84. The molecule has 0 spiro atoms. The Morgan fingerprint density at radius 3 is 2.65 bits per heavy atom. The van der Waals surface area contributed by atoms with Crippen LogP contribution in [0, 0.1) is 17.6 Å². The maximum Gasteiger partial charge on any atom is 0.241 e. The van der Waals surface area contributed by atoms with Gasteiger partial charge in [-0.15, -0.1) is 0 Å². The van der Waals surface area contributed by atoms with E-state index in [1.54, 1.807) is 0 Å². The van der Waals surface area contributed by atoms with Crippen molar-refractivity contribution < 1.29 is 13.6 Å². The highest BCUT2D eigenvalue weighted by Crippen LogP contribution is 2.16. The topological polar surface area (TPSA) is 55.1 Å². The first-order valence-corrected chi connectivity index (χ1v) is 5.41. The van der Waals surface area contributed by atoms with Gasteiger partial charge in [-0.1, -0.05) is 13.8 Å². The highest BCUT2D eigenvalue weighted by atomic mass is 19.1. The van der Waals surface area contributed by atoms with Crippen molar-refractivity contribution in [1.29, 1.82) is 0 Å². The summed E-state index contributed by atoms with van der Waals surface area (Å²) in [6.07, 6.45) is 0.489. The number of amides is 1. The summed E-state index contributed by atoms with van der Waals surface area (Å²) in [7, 11) is 0. The Kier molecular flexibility index (Phi) is 4.57. The fourth-order valence-corrected chi connectivity index (χ4v) is 1.43. The van der Waals surface area contributed by atoms with Gasteiger partial charge in [0.25, 0.3) is 0 Å². The second kappa shape index (κ2) is 5.72. The van der Waals surface area contributed by atoms with Crippen LogP contribution < -0.4 is 11.1 Å². The molecule has 0 unspecified atom stereocenters. The van der Waals surface area contributed by atoms with E-state index in [2.05, 4.69) is 5.32 Å². The van der Waals surface area contributed by atoms with Crippen molar-refractivity contribution in [3.05, 3.63) is 29.8 Å². The van der Waals surface area contributed by atoms with Crippen LogP contribution in [0.1, 0.15) is 20.3 Å². The lowest BCUT2D eigenvalue weighted by molar-refractivity contribution is -0.117. The molecule has 1 rings (SSSR count). The summed E-state index contributed by atoms with van der Waals surface area (Å²) in [5, 5.41) is 2.28. The van der Waals surface area contributed by atoms with Crippen molar-refractivity contribution in [1.82, 2.24) is 0 Å². The largest absolute Gasteiger partial charge is 0.322 e. The van der Waals surface area contributed by atoms with Gasteiger partial charge in [-0.3, -0.25) is 4.79 Å². The highest BCUT2D eigenvalue weighted by Gasteiger charge is 2.16. The van der Waals surface area contributed by atoms with Crippen molar-refractivity contribution in [2.45, 2.75) is 26.3 Å². The van der Waals surface area contributed by atoms with Crippen LogP contribution in [0.25, 0.3) is 0 Å². The molecule has 0 bridgehead atoms. The van der Waals surface area contributed by atoms with Gasteiger partial charge in [0.05, 0.1) is 11.7 Å². The lowest BCUT2D eigenvalue weighted by atomic mass is 10.0. The minimum atomic E-state index is -0.724. The minimum absolute atomic E-state index is 0.186. The van der Waals surface area contributed by atoms with Gasteiger partial charge in [-0.2, -0.15) is 0 Å². The van der Waals surface area contributed by atoms with Gasteiger partial charge >= 0.3 is 0 Å². The molecule has 0 aromatic heterocycles. The van der Waals surface area contributed by atoms with Crippen LogP contribution in [0.4, 0.5) is 14.5 Å². The Bertz CT molecular complexity index is 407. The van der Waals surface area contributed by atoms with Gasteiger partial charge in [-0.25, -0.2) is 8.78 Å². The number of hydrogen-bond acceptors (Lipinski definition) is 2. The van der Waals surface area contributed by atoms with Gasteiger partial charge in [0.1, 0.15) is 11.6 Å². The van der Waals surface area contributed by atoms with E-state index in [0.29, 0.717) is 6.42 Å². The van der Waals surface area contributed by atoms with E-state index in [1.165, 1.54) is 0 Å². The Hall–Kier alpha value is -1.49.